The number of halogens is 1. The fraction of sp³-hybridized carbons (Fsp3) is 0.286. The number of rotatable bonds is 2. The van der Waals surface area contributed by atoms with Crippen LogP contribution in [0.25, 0.3) is 0 Å². The molecule has 1 aromatic rings. The number of nitrogens with zero attached hydrogens (tertiary/aromatic N) is 1. The number of aliphatic hydroxyl groups is 1. The van der Waals surface area contributed by atoms with Crippen molar-refractivity contribution < 1.29 is 23.8 Å². The van der Waals surface area contributed by atoms with Crippen molar-refractivity contribution in [3.63, 3.8) is 0 Å². The van der Waals surface area contributed by atoms with E-state index in [-0.39, 0.29) is 31.9 Å². The van der Waals surface area contributed by atoms with Crippen molar-refractivity contribution >= 4 is 11.8 Å². The highest BCUT2D eigenvalue weighted by atomic mass is 19.1. The third-order valence-corrected chi connectivity index (χ3v) is 2.73. The Morgan fingerprint density at radius 3 is 2.65 bits per heavy atom. The molecule has 1 fully saturated rings. The average Bonchev–Trinajstić information content (AvgIpc) is 2.43. The molecule has 1 aliphatic rings. The number of benzene rings is 1. The zero-order valence-corrected chi connectivity index (χ0v) is 10.6. The summed E-state index contributed by atoms with van der Waals surface area (Å²) in [6, 6.07) is 4.15. The van der Waals surface area contributed by atoms with Crippen LogP contribution in [0.4, 0.5) is 4.39 Å². The van der Waals surface area contributed by atoms with Gasteiger partial charge in [0.2, 0.25) is 0 Å². The van der Waals surface area contributed by atoms with Gasteiger partial charge in [0.15, 0.2) is 0 Å². The third kappa shape index (κ3) is 3.20. The van der Waals surface area contributed by atoms with Crippen LogP contribution in [-0.2, 0) is 20.9 Å². The number of carbonyl (C=O) groups is 2. The molecular weight excluding hydrogens is 265 g/mol. The van der Waals surface area contributed by atoms with Gasteiger partial charge in [0.05, 0.1) is 12.1 Å². The maximum atomic E-state index is 13.5. The first-order valence-corrected chi connectivity index (χ1v) is 5.91. The second-order valence-corrected chi connectivity index (χ2v) is 4.14. The molecule has 0 saturated carbocycles. The van der Waals surface area contributed by atoms with Crippen LogP contribution in [0.3, 0.4) is 0 Å². The number of aliphatic hydroxyl groups excluding tert-OH is 1. The van der Waals surface area contributed by atoms with Crippen LogP contribution in [0.15, 0.2) is 18.2 Å². The molecule has 0 spiro atoms. The molecule has 0 aliphatic carbocycles. The highest BCUT2D eigenvalue weighted by Crippen LogP contribution is 2.13. The molecule has 6 heteroatoms. The number of morpholine rings is 1. The summed E-state index contributed by atoms with van der Waals surface area (Å²) in [6.45, 7) is -0.590. The summed E-state index contributed by atoms with van der Waals surface area (Å²) < 4.78 is 18.3. The first-order valence-electron chi connectivity index (χ1n) is 5.91. The first kappa shape index (κ1) is 14.2. The quantitative estimate of drug-likeness (QED) is 0.613. The SMILES string of the molecule is O=C1COCC(=O)N1Cc1ccc(F)c(C#CCO)c1. The van der Waals surface area contributed by atoms with Crippen molar-refractivity contribution in [2.24, 2.45) is 0 Å². The van der Waals surface area contributed by atoms with Gasteiger partial charge in [-0.25, -0.2) is 4.39 Å². The Morgan fingerprint density at radius 2 is 2.00 bits per heavy atom. The molecule has 1 heterocycles. The second-order valence-electron chi connectivity index (χ2n) is 4.14. The third-order valence-electron chi connectivity index (χ3n) is 2.73. The highest BCUT2D eigenvalue weighted by molar-refractivity contribution is 5.98. The molecule has 0 bridgehead atoms. The molecule has 104 valence electrons. The molecule has 20 heavy (non-hydrogen) atoms. The topological polar surface area (TPSA) is 66.8 Å². The van der Waals surface area contributed by atoms with E-state index >= 15 is 0 Å². The Labute approximate surface area is 115 Å². The molecule has 5 nitrogen and oxygen atoms in total. The standard InChI is InChI=1S/C14H12FNO4/c15-12-4-3-10(6-11(12)2-1-5-17)7-16-13(18)8-20-9-14(16)19/h3-4,6,17H,5,7-9H2. The predicted octanol–water partition coefficient (Wildman–Crippen LogP) is 0.0549. The highest BCUT2D eigenvalue weighted by Gasteiger charge is 2.26. The molecule has 0 atom stereocenters. The van der Waals surface area contributed by atoms with Gasteiger partial charge in [-0.3, -0.25) is 14.5 Å². The number of imide groups is 1. The van der Waals surface area contributed by atoms with Crippen molar-refractivity contribution in [2.45, 2.75) is 6.54 Å². The Bertz CT molecular complexity index is 587. The van der Waals surface area contributed by atoms with E-state index < -0.39 is 17.6 Å². The zero-order chi connectivity index (χ0) is 14.5. The summed E-state index contributed by atoms with van der Waals surface area (Å²) in [7, 11) is 0. The average molecular weight is 277 g/mol. The van der Waals surface area contributed by atoms with Crippen molar-refractivity contribution in [3.8, 4) is 11.8 Å². The lowest BCUT2D eigenvalue weighted by molar-refractivity contribution is -0.159. The maximum absolute atomic E-state index is 13.5. The van der Waals surface area contributed by atoms with Gasteiger partial charge in [-0.05, 0) is 17.7 Å². The smallest absolute Gasteiger partial charge is 0.255 e. The van der Waals surface area contributed by atoms with Gasteiger partial charge < -0.3 is 9.84 Å². The monoisotopic (exact) mass is 277 g/mol. The summed E-state index contributed by atoms with van der Waals surface area (Å²) in [5.74, 6) is 3.46. The Morgan fingerprint density at radius 1 is 1.30 bits per heavy atom. The Hall–Kier alpha value is -2.23. The molecule has 1 aliphatic heterocycles. The summed E-state index contributed by atoms with van der Waals surface area (Å²) in [6.07, 6.45) is 0. The summed E-state index contributed by atoms with van der Waals surface area (Å²) in [5, 5.41) is 8.61. The molecule has 1 N–H and O–H groups in total. The summed E-state index contributed by atoms with van der Waals surface area (Å²) in [5.41, 5.74) is 0.696. The van der Waals surface area contributed by atoms with Gasteiger partial charge in [-0.1, -0.05) is 17.9 Å². The molecule has 2 rings (SSSR count). The minimum Gasteiger partial charge on any atom is -0.384 e. The molecular formula is C14H12FNO4. The Kier molecular flexibility index (Phi) is 4.45. The number of hydrogen-bond donors (Lipinski definition) is 1. The maximum Gasteiger partial charge on any atom is 0.255 e. The van der Waals surface area contributed by atoms with E-state index in [0.29, 0.717) is 5.56 Å². The van der Waals surface area contributed by atoms with Gasteiger partial charge in [0.1, 0.15) is 25.6 Å². The normalized spacial score (nSPS) is 15.0. The number of ether oxygens (including phenoxy) is 1. The lowest BCUT2D eigenvalue weighted by Gasteiger charge is -2.24. The fourth-order valence-electron chi connectivity index (χ4n) is 1.78. The van der Waals surface area contributed by atoms with Gasteiger partial charge in [0.25, 0.3) is 11.8 Å². The van der Waals surface area contributed by atoms with Crippen LogP contribution >= 0.6 is 0 Å². The summed E-state index contributed by atoms with van der Waals surface area (Å²) in [4.78, 5) is 24.2. The van der Waals surface area contributed by atoms with E-state index in [1.807, 2.05) is 0 Å². The molecule has 2 amide bonds. The van der Waals surface area contributed by atoms with Crippen molar-refractivity contribution in [2.75, 3.05) is 19.8 Å². The largest absolute Gasteiger partial charge is 0.384 e. The van der Waals surface area contributed by atoms with Crippen molar-refractivity contribution in [1.29, 1.82) is 0 Å². The summed E-state index contributed by atoms with van der Waals surface area (Å²) >= 11 is 0. The fourth-order valence-corrected chi connectivity index (χ4v) is 1.78. The predicted molar refractivity (Wildman–Crippen MR) is 66.7 cm³/mol. The van der Waals surface area contributed by atoms with Crippen LogP contribution in [0.1, 0.15) is 11.1 Å². The first-order chi connectivity index (χ1) is 9.61. The van der Waals surface area contributed by atoms with E-state index in [1.165, 1.54) is 18.2 Å². The number of carbonyl (C=O) groups excluding carboxylic acids is 2. The van der Waals surface area contributed by atoms with Crippen LogP contribution in [0, 0.1) is 17.7 Å². The van der Waals surface area contributed by atoms with Crippen molar-refractivity contribution in [1.82, 2.24) is 4.90 Å². The van der Waals surface area contributed by atoms with Crippen LogP contribution in [-0.4, -0.2) is 41.6 Å². The van der Waals surface area contributed by atoms with E-state index in [2.05, 4.69) is 11.8 Å². The lowest BCUT2D eigenvalue weighted by atomic mass is 10.1. The van der Waals surface area contributed by atoms with Gasteiger partial charge in [-0.15, -0.1) is 0 Å². The molecule has 1 aromatic carbocycles. The molecule has 0 aromatic heterocycles. The molecule has 1 saturated heterocycles. The number of hydrogen-bond acceptors (Lipinski definition) is 4. The minimum absolute atomic E-state index is 0.0507. The Balaban J connectivity index is 2.21. The lowest BCUT2D eigenvalue weighted by Crippen LogP contribution is -2.45. The molecule has 0 radical (unpaired) electrons. The van der Waals surface area contributed by atoms with Gasteiger partial charge in [-0.2, -0.15) is 0 Å². The molecule has 0 unspecified atom stereocenters. The van der Waals surface area contributed by atoms with E-state index in [1.54, 1.807) is 0 Å². The van der Waals surface area contributed by atoms with E-state index in [0.717, 1.165) is 4.90 Å². The zero-order valence-electron chi connectivity index (χ0n) is 10.6. The second kappa shape index (κ2) is 6.28. The number of amides is 2. The van der Waals surface area contributed by atoms with E-state index in [4.69, 9.17) is 9.84 Å². The van der Waals surface area contributed by atoms with Crippen LogP contribution in [0.5, 0.6) is 0 Å². The van der Waals surface area contributed by atoms with Gasteiger partial charge in [0, 0.05) is 0 Å². The minimum atomic E-state index is -0.519. The van der Waals surface area contributed by atoms with E-state index in [9.17, 15) is 14.0 Å². The van der Waals surface area contributed by atoms with Gasteiger partial charge >= 0.3 is 0 Å². The van der Waals surface area contributed by atoms with Crippen LogP contribution < -0.4 is 0 Å². The van der Waals surface area contributed by atoms with Crippen LogP contribution in [0.2, 0.25) is 0 Å². The van der Waals surface area contributed by atoms with Crippen molar-refractivity contribution in [3.05, 3.63) is 35.1 Å².